The summed E-state index contributed by atoms with van der Waals surface area (Å²) in [6.07, 6.45) is 5.72. The Morgan fingerprint density at radius 3 is 3.11 bits per heavy atom. The van der Waals surface area contributed by atoms with Gasteiger partial charge in [0.05, 0.1) is 22.7 Å². The van der Waals surface area contributed by atoms with E-state index in [-0.39, 0.29) is 16.6 Å². The van der Waals surface area contributed by atoms with E-state index in [0.29, 0.717) is 12.6 Å². The molecule has 2 heterocycles. The molecule has 7 heteroatoms. The molecule has 1 aromatic heterocycles. The van der Waals surface area contributed by atoms with Crippen LogP contribution in [-0.4, -0.2) is 29.1 Å². The summed E-state index contributed by atoms with van der Waals surface area (Å²) in [7, 11) is 0. The molecule has 104 valence electrons. The highest BCUT2D eigenvalue weighted by Crippen LogP contribution is 2.27. The minimum Gasteiger partial charge on any atom is -0.473 e. The Hall–Kier alpha value is -1.40. The third-order valence-corrected chi connectivity index (χ3v) is 3.32. The Morgan fingerprint density at radius 1 is 1.58 bits per heavy atom. The summed E-state index contributed by atoms with van der Waals surface area (Å²) in [5, 5.41) is 14.5. The number of nitrogens with one attached hydrogen (secondary N) is 1. The van der Waals surface area contributed by atoms with Crippen molar-refractivity contribution in [2.24, 2.45) is 0 Å². The number of nitro groups is 1. The fourth-order valence-electron chi connectivity index (χ4n) is 2.13. The first kappa shape index (κ1) is 14.0. The van der Waals surface area contributed by atoms with Gasteiger partial charge in [-0.3, -0.25) is 10.1 Å². The van der Waals surface area contributed by atoms with Crippen LogP contribution in [0.3, 0.4) is 0 Å². The van der Waals surface area contributed by atoms with Crippen molar-refractivity contribution in [2.75, 3.05) is 13.2 Å². The van der Waals surface area contributed by atoms with Crippen molar-refractivity contribution < 1.29 is 9.66 Å². The Balaban J connectivity index is 1.89. The molecule has 1 saturated heterocycles. The van der Waals surface area contributed by atoms with Crippen LogP contribution < -0.4 is 10.1 Å². The highest BCUT2D eigenvalue weighted by Gasteiger charge is 2.18. The molecule has 0 saturated carbocycles. The predicted octanol–water partition coefficient (Wildman–Crippen LogP) is 2.55. The van der Waals surface area contributed by atoms with Crippen LogP contribution in [0.4, 0.5) is 5.69 Å². The molecule has 0 bridgehead atoms. The molecule has 2 rings (SSSR count). The fourth-order valence-corrected chi connectivity index (χ4v) is 2.28. The molecule has 1 aliphatic heterocycles. The van der Waals surface area contributed by atoms with Crippen molar-refractivity contribution in [2.45, 2.75) is 31.7 Å². The third-order valence-electron chi connectivity index (χ3n) is 3.11. The Morgan fingerprint density at radius 2 is 2.42 bits per heavy atom. The number of hydrogen-bond donors (Lipinski definition) is 1. The largest absolute Gasteiger partial charge is 0.473 e. The summed E-state index contributed by atoms with van der Waals surface area (Å²) in [5.74, 6) is 0.0326. The van der Waals surface area contributed by atoms with Gasteiger partial charge in [0, 0.05) is 12.1 Å². The van der Waals surface area contributed by atoms with Gasteiger partial charge in [-0.05, 0) is 25.8 Å². The van der Waals surface area contributed by atoms with E-state index in [0.717, 1.165) is 19.4 Å². The van der Waals surface area contributed by atoms with Crippen LogP contribution in [0.2, 0.25) is 5.02 Å². The van der Waals surface area contributed by atoms with Gasteiger partial charge < -0.3 is 10.1 Å². The highest BCUT2D eigenvalue weighted by molar-refractivity contribution is 6.30. The molecule has 1 fully saturated rings. The summed E-state index contributed by atoms with van der Waals surface area (Å²) in [6.45, 7) is 1.44. The number of pyridine rings is 1. The minimum atomic E-state index is -0.535. The Bertz CT molecular complexity index is 450. The monoisotopic (exact) mass is 285 g/mol. The Kier molecular flexibility index (Phi) is 4.93. The lowest BCUT2D eigenvalue weighted by molar-refractivity contribution is -0.386. The molecule has 1 N–H and O–H groups in total. The SMILES string of the molecule is O=[N+]([O-])c1cc(Cl)cnc1OCCC1CCCCN1. The van der Waals surface area contributed by atoms with E-state index >= 15 is 0 Å². The van der Waals surface area contributed by atoms with E-state index in [1.807, 2.05) is 0 Å². The summed E-state index contributed by atoms with van der Waals surface area (Å²) >= 11 is 5.68. The minimum absolute atomic E-state index is 0.0326. The van der Waals surface area contributed by atoms with Gasteiger partial charge in [-0.25, -0.2) is 4.98 Å². The lowest BCUT2D eigenvalue weighted by Crippen LogP contribution is -2.35. The highest BCUT2D eigenvalue weighted by atomic mass is 35.5. The lowest BCUT2D eigenvalue weighted by Gasteiger charge is -2.23. The van der Waals surface area contributed by atoms with E-state index in [1.165, 1.54) is 25.1 Å². The third kappa shape index (κ3) is 4.04. The van der Waals surface area contributed by atoms with Crippen molar-refractivity contribution in [3.05, 3.63) is 27.4 Å². The zero-order valence-corrected chi connectivity index (χ0v) is 11.2. The van der Waals surface area contributed by atoms with Crippen molar-refractivity contribution in [3.63, 3.8) is 0 Å². The molecular formula is C12H16ClN3O3. The molecule has 1 atom stereocenters. The topological polar surface area (TPSA) is 77.3 Å². The van der Waals surface area contributed by atoms with Crippen LogP contribution in [0.1, 0.15) is 25.7 Å². The molecule has 19 heavy (non-hydrogen) atoms. The van der Waals surface area contributed by atoms with E-state index < -0.39 is 4.92 Å². The number of nitrogens with zero attached hydrogens (tertiary/aromatic N) is 2. The van der Waals surface area contributed by atoms with Gasteiger partial charge >= 0.3 is 5.69 Å². The number of ether oxygens (including phenoxy) is 1. The number of rotatable bonds is 5. The lowest BCUT2D eigenvalue weighted by atomic mass is 10.0. The van der Waals surface area contributed by atoms with Crippen LogP contribution >= 0.6 is 11.6 Å². The van der Waals surface area contributed by atoms with Gasteiger partial charge in [0.15, 0.2) is 0 Å². The molecule has 0 aliphatic carbocycles. The Labute approximate surface area is 116 Å². The maximum atomic E-state index is 10.9. The van der Waals surface area contributed by atoms with Crippen LogP contribution in [0.25, 0.3) is 0 Å². The van der Waals surface area contributed by atoms with Gasteiger partial charge in [-0.2, -0.15) is 0 Å². The molecular weight excluding hydrogens is 270 g/mol. The normalized spacial score (nSPS) is 19.1. The van der Waals surface area contributed by atoms with Crippen LogP contribution in [0.15, 0.2) is 12.3 Å². The van der Waals surface area contributed by atoms with Crippen LogP contribution in [0, 0.1) is 10.1 Å². The van der Waals surface area contributed by atoms with Crippen molar-refractivity contribution >= 4 is 17.3 Å². The molecule has 0 aromatic carbocycles. The molecule has 0 amide bonds. The van der Waals surface area contributed by atoms with Gasteiger partial charge in [-0.1, -0.05) is 18.0 Å². The second kappa shape index (κ2) is 6.68. The number of piperidine rings is 1. The first-order chi connectivity index (χ1) is 9.16. The quantitative estimate of drug-likeness (QED) is 0.664. The van der Waals surface area contributed by atoms with E-state index in [2.05, 4.69) is 10.3 Å². The van der Waals surface area contributed by atoms with Crippen molar-refractivity contribution in [3.8, 4) is 5.88 Å². The standard InChI is InChI=1S/C12H16ClN3O3/c13-9-7-11(16(17)18)12(15-8-9)19-6-4-10-3-1-2-5-14-10/h7-8,10,14H,1-6H2. The fraction of sp³-hybridized carbons (Fsp3) is 0.583. The average molecular weight is 286 g/mol. The van der Waals surface area contributed by atoms with Crippen molar-refractivity contribution in [1.29, 1.82) is 0 Å². The second-order valence-electron chi connectivity index (χ2n) is 4.52. The molecule has 1 aliphatic rings. The predicted molar refractivity (Wildman–Crippen MR) is 71.7 cm³/mol. The maximum absolute atomic E-state index is 10.9. The first-order valence-electron chi connectivity index (χ1n) is 6.33. The van der Waals surface area contributed by atoms with Gasteiger partial charge in [0.2, 0.25) is 0 Å². The number of halogens is 1. The zero-order valence-electron chi connectivity index (χ0n) is 10.5. The van der Waals surface area contributed by atoms with E-state index in [4.69, 9.17) is 16.3 Å². The summed E-state index contributed by atoms with van der Waals surface area (Å²) < 4.78 is 5.40. The van der Waals surface area contributed by atoms with Crippen molar-refractivity contribution in [1.82, 2.24) is 10.3 Å². The molecule has 6 nitrogen and oxygen atoms in total. The summed E-state index contributed by atoms with van der Waals surface area (Å²) in [6, 6.07) is 1.68. The zero-order chi connectivity index (χ0) is 13.7. The molecule has 1 aromatic rings. The molecule has 1 unspecified atom stereocenters. The van der Waals surface area contributed by atoms with E-state index in [9.17, 15) is 10.1 Å². The summed E-state index contributed by atoms with van der Waals surface area (Å²) in [5.41, 5.74) is -0.191. The van der Waals surface area contributed by atoms with Gasteiger partial charge in [-0.15, -0.1) is 0 Å². The van der Waals surface area contributed by atoms with Crippen LogP contribution in [-0.2, 0) is 0 Å². The first-order valence-corrected chi connectivity index (χ1v) is 6.71. The van der Waals surface area contributed by atoms with Crippen LogP contribution in [0.5, 0.6) is 5.88 Å². The van der Waals surface area contributed by atoms with Gasteiger partial charge in [0.1, 0.15) is 0 Å². The maximum Gasteiger partial charge on any atom is 0.332 e. The second-order valence-corrected chi connectivity index (χ2v) is 4.96. The summed E-state index contributed by atoms with van der Waals surface area (Å²) in [4.78, 5) is 14.2. The number of aromatic nitrogens is 1. The van der Waals surface area contributed by atoms with E-state index in [1.54, 1.807) is 0 Å². The average Bonchev–Trinajstić information content (AvgIpc) is 2.41. The van der Waals surface area contributed by atoms with Gasteiger partial charge in [0.25, 0.3) is 5.88 Å². The number of hydrogen-bond acceptors (Lipinski definition) is 5. The molecule has 0 radical (unpaired) electrons. The smallest absolute Gasteiger partial charge is 0.332 e. The molecule has 0 spiro atoms.